The molecular weight excluding hydrogens is 184 g/mol. The van der Waals surface area contributed by atoms with Gasteiger partial charge in [-0.1, -0.05) is 0 Å². The lowest BCUT2D eigenvalue weighted by atomic mass is 10.1. The molecule has 1 aromatic carbocycles. The van der Waals surface area contributed by atoms with Gasteiger partial charge in [-0.25, -0.2) is 0 Å². The number of hydrogen-bond acceptors (Lipinski definition) is 6. The molecule has 1 rings (SSSR count). The zero-order valence-electron chi connectivity index (χ0n) is 7.37. The summed E-state index contributed by atoms with van der Waals surface area (Å²) in [6, 6.07) is 0. The highest BCUT2D eigenvalue weighted by Gasteiger charge is 2.19. The molecule has 0 atom stereocenters. The van der Waals surface area contributed by atoms with Crippen molar-refractivity contribution in [1.29, 1.82) is 0 Å². The summed E-state index contributed by atoms with van der Waals surface area (Å²) in [6.07, 6.45) is 0. The first-order valence-corrected chi connectivity index (χ1v) is 3.69. The highest BCUT2D eigenvalue weighted by molar-refractivity contribution is 6.11. The van der Waals surface area contributed by atoms with Crippen LogP contribution in [0.2, 0.25) is 0 Å². The fourth-order valence-corrected chi connectivity index (χ4v) is 1.12. The van der Waals surface area contributed by atoms with Crippen molar-refractivity contribution >= 4 is 34.3 Å². The van der Waals surface area contributed by atoms with Crippen LogP contribution in [-0.2, 0) is 0 Å². The fourth-order valence-electron chi connectivity index (χ4n) is 1.12. The van der Waals surface area contributed by atoms with Crippen LogP contribution in [0.5, 0.6) is 0 Å². The number of nitrogens with two attached hydrogens (primary N) is 6. The van der Waals surface area contributed by atoms with Crippen LogP contribution in [0.15, 0.2) is 0 Å². The van der Waals surface area contributed by atoms with Crippen LogP contribution in [0.3, 0.4) is 0 Å². The van der Waals surface area contributed by atoms with Crippen molar-refractivity contribution in [3.05, 3.63) is 5.56 Å². The maximum absolute atomic E-state index is 11.0. The molecule has 7 nitrogen and oxygen atoms in total. The zero-order valence-corrected chi connectivity index (χ0v) is 7.37. The molecule has 0 aliphatic heterocycles. The summed E-state index contributed by atoms with van der Waals surface area (Å²) in [4.78, 5) is 11.0. The molecule has 0 heterocycles. The van der Waals surface area contributed by atoms with E-state index in [2.05, 4.69) is 0 Å². The summed E-state index contributed by atoms with van der Waals surface area (Å²) >= 11 is 0. The number of anilines is 5. The lowest BCUT2D eigenvalue weighted by Crippen LogP contribution is -2.19. The van der Waals surface area contributed by atoms with Crippen molar-refractivity contribution in [2.24, 2.45) is 5.73 Å². The summed E-state index contributed by atoms with van der Waals surface area (Å²) in [6.45, 7) is 0. The van der Waals surface area contributed by atoms with E-state index in [-0.39, 0.29) is 34.0 Å². The minimum Gasteiger partial charge on any atom is -0.396 e. The van der Waals surface area contributed by atoms with Gasteiger partial charge in [0.05, 0.1) is 34.0 Å². The minimum atomic E-state index is -0.793. The molecule has 14 heavy (non-hydrogen) atoms. The SMILES string of the molecule is NC(=O)c1c(N)c(N)c(N)c(N)c1N. The van der Waals surface area contributed by atoms with Crippen LogP contribution < -0.4 is 34.4 Å². The van der Waals surface area contributed by atoms with Crippen molar-refractivity contribution in [3.8, 4) is 0 Å². The van der Waals surface area contributed by atoms with Crippen LogP contribution in [0, 0.1) is 0 Å². The van der Waals surface area contributed by atoms with Gasteiger partial charge in [0.2, 0.25) is 0 Å². The van der Waals surface area contributed by atoms with E-state index in [1.165, 1.54) is 0 Å². The Labute approximate surface area is 80.0 Å². The van der Waals surface area contributed by atoms with Crippen LogP contribution in [-0.4, -0.2) is 5.91 Å². The standard InChI is InChI=1S/C7H12N6O/c8-2-1(7(13)14)3(9)5(11)6(12)4(2)10/h8-12H2,(H2,13,14). The van der Waals surface area contributed by atoms with E-state index in [0.717, 1.165) is 0 Å². The molecule has 76 valence electrons. The van der Waals surface area contributed by atoms with Gasteiger partial charge in [-0.15, -0.1) is 0 Å². The summed E-state index contributed by atoms with van der Waals surface area (Å²) in [7, 11) is 0. The molecule has 0 aliphatic rings. The van der Waals surface area contributed by atoms with E-state index >= 15 is 0 Å². The molecule has 0 spiro atoms. The Kier molecular flexibility index (Phi) is 2.01. The molecule has 0 saturated carbocycles. The normalized spacial score (nSPS) is 10.0. The van der Waals surface area contributed by atoms with Crippen molar-refractivity contribution in [3.63, 3.8) is 0 Å². The Bertz CT molecular complexity index is 384. The number of rotatable bonds is 1. The van der Waals surface area contributed by atoms with Gasteiger partial charge in [0, 0.05) is 0 Å². The number of carbonyl (C=O) groups is 1. The zero-order chi connectivity index (χ0) is 11.0. The lowest BCUT2D eigenvalue weighted by molar-refractivity contribution is 0.100. The Hall–Kier alpha value is -2.31. The summed E-state index contributed by atoms with van der Waals surface area (Å²) in [5, 5.41) is 0. The first-order chi connectivity index (χ1) is 6.37. The van der Waals surface area contributed by atoms with E-state index in [9.17, 15) is 4.79 Å². The van der Waals surface area contributed by atoms with E-state index < -0.39 is 5.91 Å². The van der Waals surface area contributed by atoms with Crippen LogP contribution in [0.1, 0.15) is 10.4 Å². The number of benzene rings is 1. The maximum Gasteiger partial charge on any atom is 0.253 e. The van der Waals surface area contributed by atoms with Gasteiger partial charge in [-0.05, 0) is 0 Å². The second-order valence-corrected chi connectivity index (χ2v) is 2.81. The van der Waals surface area contributed by atoms with Gasteiger partial charge in [0.25, 0.3) is 5.91 Å². The molecule has 12 N–H and O–H groups in total. The third-order valence-corrected chi connectivity index (χ3v) is 1.95. The molecule has 0 fully saturated rings. The predicted molar refractivity (Wildman–Crippen MR) is 57.0 cm³/mol. The Morgan fingerprint density at radius 1 is 0.714 bits per heavy atom. The van der Waals surface area contributed by atoms with Gasteiger partial charge in [-0.2, -0.15) is 0 Å². The molecule has 0 aliphatic carbocycles. The highest BCUT2D eigenvalue weighted by Crippen LogP contribution is 2.37. The number of carbonyl (C=O) groups excluding carboxylic acids is 1. The summed E-state index contributed by atoms with van der Waals surface area (Å²) < 4.78 is 0. The smallest absolute Gasteiger partial charge is 0.253 e. The first kappa shape index (κ1) is 9.78. The molecule has 1 amide bonds. The van der Waals surface area contributed by atoms with Gasteiger partial charge < -0.3 is 34.4 Å². The average Bonchev–Trinajstić information content (AvgIpc) is 2.11. The number of nitrogen functional groups attached to an aromatic ring is 5. The molecule has 0 bridgehead atoms. The molecular formula is C7H12N6O. The van der Waals surface area contributed by atoms with Gasteiger partial charge in [0.1, 0.15) is 0 Å². The van der Waals surface area contributed by atoms with Crippen molar-refractivity contribution in [2.45, 2.75) is 0 Å². The third kappa shape index (κ3) is 1.11. The van der Waals surface area contributed by atoms with Gasteiger partial charge >= 0.3 is 0 Å². The minimum absolute atomic E-state index is 0.0190. The van der Waals surface area contributed by atoms with Crippen molar-refractivity contribution in [2.75, 3.05) is 28.7 Å². The first-order valence-electron chi connectivity index (χ1n) is 3.69. The topological polar surface area (TPSA) is 173 Å². The molecule has 0 aromatic heterocycles. The predicted octanol–water partition coefficient (Wildman–Crippen LogP) is -1.30. The second-order valence-electron chi connectivity index (χ2n) is 2.81. The van der Waals surface area contributed by atoms with E-state index in [0.29, 0.717) is 0 Å². The van der Waals surface area contributed by atoms with E-state index in [4.69, 9.17) is 34.4 Å². The molecule has 0 radical (unpaired) electrons. The van der Waals surface area contributed by atoms with Crippen molar-refractivity contribution < 1.29 is 4.79 Å². The largest absolute Gasteiger partial charge is 0.396 e. The molecule has 1 aromatic rings. The van der Waals surface area contributed by atoms with E-state index in [1.807, 2.05) is 0 Å². The molecule has 0 unspecified atom stereocenters. The highest BCUT2D eigenvalue weighted by atomic mass is 16.1. The lowest BCUT2D eigenvalue weighted by Gasteiger charge is -2.14. The summed E-state index contributed by atoms with van der Waals surface area (Å²) in [5.41, 5.74) is 32.5. The van der Waals surface area contributed by atoms with Crippen LogP contribution in [0.25, 0.3) is 0 Å². The van der Waals surface area contributed by atoms with Gasteiger partial charge in [-0.3, -0.25) is 4.79 Å². The third-order valence-electron chi connectivity index (χ3n) is 1.95. The van der Waals surface area contributed by atoms with Crippen LogP contribution in [0.4, 0.5) is 28.4 Å². The van der Waals surface area contributed by atoms with Crippen LogP contribution >= 0.6 is 0 Å². The number of amides is 1. The monoisotopic (exact) mass is 196 g/mol. The van der Waals surface area contributed by atoms with Crippen molar-refractivity contribution in [1.82, 2.24) is 0 Å². The van der Waals surface area contributed by atoms with Gasteiger partial charge in [0.15, 0.2) is 0 Å². The second kappa shape index (κ2) is 2.87. The Morgan fingerprint density at radius 3 is 1.29 bits per heavy atom. The number of primary amides is 1. The fraction of sp³-hybridized carbons (Fsp3) is 0. The molecule has 0 saturated heterocycles. The number of hydrogen-bond donors (Lipinski definition) is 6. The van der Waals surface area contributed by atoms with E-state index in [1.54, 1.807) is 0 Å². The molecule has 7 heteroatoms. The average molecular weight is 196 g/mol. The Balaban J connectivity index is 3.68. The maximum atomic E-state index is 11.0. The Morgan fingerprint density at radius 2 is 1.00 bits per heavy atom. The quantitative estimate of drug-likeness (QED) is 0.304. The summed E-state index contributed by atoms with van der Waals surface area (Å²) in [5.74, 6) is -0.793.